The Morgan fingerprint density at radius 2 is 1.77 bits per heavy atom. The number of hydrogen-bond donors (Lipinski definition) is 2. The fraction of sp³-hybridized carbons (Fsp3) is 0.333. The summed E-state index contributed by atoms with van der Waals surface area (Å²) in [5.41, 5.74) is 7.06. The van der Waals surface area contributed by atoms with E-state index in [4.69, 9.17) is 17.3 Å². The zero-order valence-electron chi connectivity index (χ0n) is 7.09. The predicted molar refractivity (Wildman–Crippen MR) is 57.4 cm³/mol. The molecule has 4 heteroatoms. The number of nitrogens with one attached hydrogen (secondary N) is 1. The second kappa shape index (κ2) is 3.84. The van der Waals surface area contributed by atoms with Gasteiger partial charge in [-0.3, -0.25) is 0 Å². The zero-order valence-corrected chi connectivity index (χ0v) is 8.66. The molecule has 0 spiro atoms. The van der Waals surface area contributed by atoms with Crippen LogP contribution in [0.15, 0.2) is 24.3 Å². The van der Waals surface area contributed by atoms with E-state index in [1.54, 1.807) is 0 Å². The van der Waals surface area contributed by atoms with Crippen molar-refractivity contribution in [3.8, 4) is 0 Å². The Morgan fingerprint density at radius 3 is 2.15 bits per heavy atom. The lowest BCUT2D eigenvalue weighted by Crippen LogP contribution is -2.62. The third-order valence-electron chi connectivity index (χ3n) is 2.30. The van der Waals surface area contributed by atoms with Crippen LogP contribution in [0.4, 0.5) is 0 Å². The van der Waals surface area contributed by atoms with Crippen LogP contribution in [0, 0.1) is 0 Å². The Morgan fingerprint density at radius 1 is 1.23 bits per heavy atom. The minimum Gasteiger partial charge on any atom is -0.319 e. The lowest BCUT2D eigenvalue weighted by molar-refractivity contribution is 0.287. The summed E-state index contributed by atoms with van der Waals surface area (Å²) in [6.07, 6.45) is 0. The molecule has 0 aliphatic carbocycles. The lowest BCUT2D eigenvalue weighted by atomic mass is 9.86. The highest BCUT2D eigenvalue weighted by molar-refractivity contribution is 6.30. The summed E-state index contributed by atoms with van der Waals surface area (Å²) in [5, 5.41) is 3.92. The van der Waals surface area contributed by atoms with E-state index in [1.165, 1.54) is 0 Å². The monoisotopic (exact) mass is 218 g/mol. The molecule has 1 heterocycles. The van der Waals surface area contributed by atoms with Crippen molar-refractivity contribution in [1.29, 1.82) is 0 Å². The molecule has 1 saturated heterocycles. The maximum absolute atomic E-state index is 6.07. The highest BCUT2D eigenvalue weighted by Crippen LogP contribution is 2.23. The minimum atomic E-state index is -0.162. The summed E-state index contributed by atoms with van der Waals surface area (Å²) < 4.78 is 0. The molecule has 1 aliphatic heterocycles. The molecule has 1 aromatic rings. The van der Waals surface area contributed by atoms with Gasteiger partial charge < -0.3 is 11.1 Å². The smallest absolute Gasteiger partial charge is 0.0662 e. The second-order valence-corrected chi connectivity index (χ2v) is 3.70. The van der Waals surface area contributed by atoms with Crippen molar-refractivity contribution in [3.05, 3.63) is 34.9 Å². The van der Waals surface area contributed by atoms with E-state index in [-0.39, 0.29) is 17.9 Å². The van der Waals surface area contributed by atoms with Gasteiger partial charge in [0.1, 0.15) is 0 Å². The van der Waals surface area contributed by atoms with Crippen LogP contribution in [0.5, 0.6) is 0 Å². The van der Waals surface area contributed by atoms with Gasteiger partial charge in [-0.2, -0.15) is 0 Å². The van der Waals surface area contributed by atoms with Crippen molar-refractivity contribution in [2.75, 3.05) is 13.1 Å². The average Bonchev–Trinajstić information content (AvgIpc) is 2.02. The van der Waals surface area contributed by atoms with Crippen LogP contribution in [-0.4, -0.2) is 13.1 Å². The molecule has 0 saturated carbocycles. The van der Waals surface area contributed by atoms with Gasteiger partial charge >= 0.3 is 0 Å². The van der Waals surface area contributed by atoms with Gasteiger partial charge in [0.15, 0.2) is 0 Å². The molecule has 0 radical (unpaired) electrons. The molecule has 0 atom stereocenters. The topological polar surface area (TPSA) is 38.0 Å². The Kier molecular flexibility index (Phi) is 3.19. The number of nitrogens with two attached hydrogens (primary N) is 1. The van der Waals surface area contributed by atoms with Crippen LogP contribution >= 0.6 is 24.0 Å². The Balaban J connectivity index is 0.000000845. The fourth-order valence-electron chi connectivity index (χ4n) is 1.38. The second-order valence-electron chi connectivity index (χ2n) is 3.27. The predicted octanol–water partition coefficient (Wildman–Crippen LogP) is 1.52. The van der Waals surface area contributed by atoms with Crippen molar-refractivity contribution < 1.29 is 0 Å². The van der Waals surface area contributed by atoms with Gasteiger partial charge in [-0.25, -0.2) is 0 Å². The normalized spacial score (nSPS) is 18.6. The summed E-state index contributed by atoms with van der Waals surface area (Å²) in [5.74, 6) is 0. The van der Waals surface area contributed by atoms with E-state index in [9.17, 15) is 0 Å². The summed E-state index contributed by atoms with van der Waals surface area (Å²) >= 11 is 5.77. The van der Waals surface area contributed by atoms with Crippen LogP contribution in [0.1, 0.15) is 5.56 Å². The molecule has 72 valence electrons. The first-order valence-corrected chi connectivity index (χ1v) is 4.34. The van der Waals surface area contributed by atoms with E-state index in [1.807, 2.05) is 24.3 Å². The maximum Gasteiger partial charge on any atom is 0.0662 e. The quantitative estimate of drug-likeness (QED) is 0.751. The van der Waals surface area contributed by atoms with E-state index < -0.39 is 0 Å². The number of benzene rings is 1. The number of hydrogen-bond acceptors (Lipinski definition) is 2. The number of rotatable bonds is 1. The van der Waals surface area contributed by atoms with Crippen LogP contribution in [0.25, 0.3) is 0 Å². The summed E-state index contributed by atoms with van der Waals surface area (Å²) in [4.78, 5) is 0. The van der Waals surface area contributed by atoms with Crippen LogP contribution in [0.3, 0.4) is 0 Å². The molecule has 0 bridgehead atoms. The van der Waals surface area contributed by atoms with Crippen molar-refractivity contribution in [1.82, 2.24) is 5.32 Å². The first kappa shape index (κ1) is 10.8. The SMILES string of the molecule is Cl.NC1(c2ccc(Cl)cc2)CNC1. The van der Waals surface area contributed by atoms with Gasteiger partial charge in [-0.05, 0) is 17.7 Å². The van der Waals surface area contributed by atoms with E-state index in [0.717, 1.165) is 23.7 Å². The molecule has 0 amide bonds. The molecular weight excluding hydrogens is 207 g/mol. The van der Waals surface area contributed by atoms with Gasteiger partial charge in [-0.15, -0.1) is 12.4 Å². The molecular formula is C9H12Cl2N2. The molecule has 2 rings (SSSR count). The fourth-order valence-corrected chi connectivity index (χ4v) is 1.51. The van der Waals surface area contributed by atoms with Gasteiger partial charge in [0.05, 0.1) is 5.54 Å². The highest BCUT2D eigenvalue weighted by atomic mass is 35.5. The molecule has 0 aromatic heterocycles. The molecule has 0 unspecified atom stereocenters. The molecule has 13 heavy (non-hydrogen) atoms. The largest absolute Gasteiger partial charge is 0.319 e. The maximum atomic E-state index is 6.07. The summed E-state index contributed by atoms with van der Waals surface area (Å²) in [6, 6.07) is 7.74. The van der Waals surface area contributed by atoms with Gasteiger partial charge in [0, 0.05) is 18.1 Å². The lowest BCUT2D eigenvalue weighted by Gasteiger charge is -2.39. The summed E-state index contributed by atoms with van der Waals surface area (Å²) in [6.45, 7) is 1.71. The number of halogens is 2. The first-order valence-electron chi connectivity index (χ1n) is 3.96. The molecule has 3 N–H and O–H groups in total. The Labute approximate surface area is 88.9 Å². The third-order valence-corrected chi connectivity index (χ3v) is 2.55. The summed E-state index contributed by atoms with van der Waals surface area (Å²) in [7, 11) is 0. The van der Waals surface area contributed by atoms with E-state index in [0.29, 0.717) is 0 Å². The van der Waals surface area contributed by atoms with E-state index in [2.05, 4.69) is 5.32 Å². The molecule has 1 aliphatic rings. The third kappa shape index (κ3) is 1.97. The Bertz CT molecular complexity index is 280. The zero-order chi connectivity index (χ0) is 8.60. The molecule has 2 nitrogen and oxygen atoms in total. The van der Waals surface area contributed by atoms with Gasteiger partial charge in [0.25, 0.3) is 0 Å². The molecule has 1 fully saturated rings. The highest BCUT2D eigenvalue weighted by Gasteiger charge is 2.33. The van der Waals surface area contributed by atoms with Crippen molar-refractivity contribution in [3.63, 3.8) is 0 Å². The van der Waals surface area contributed by atoms with Crippen LogP contribution in [0.2, 0.25) is 5.02 Å². The van der Waals surface area contributed by atoms with Crippen molar-refractivity contribution >= 4 is 24.0 Å². The van der Waals surface area contributed by atoms with Gasteiger partial charge in [-0.1, -0.05) is 23.7 Å². The average molecular weight is 219 g/mol. The van der Waals surface area contributed by atoms with Crippen LogP contribution in [-0.2, 0) is 5.54 Å². The van der Waals surface area contributed by atoms with E-state index >= 15 is 0 Å². The Hall–Kier alpha value is -0.280. The van der Waals surface area contributed by atoms with Crippen molar-refractivity contribution in [2.24, 2.45) is 5.73 Å². The van der Waals surface area contributed by atoms with Crippen molar-refractivity contribution in [2.45, 2.75) is 5.54 Å². The van der Waals surface area contributed by atoms with Gasteiger partial charge in [0.2, 0.25) is 0 Å². The standard InChI is InChI=1S/C9H11ClN2.ClH/c10-8-3-1-7(2-4-8)9(11)5-12-6-9;/h1-4,12H,5-6,11H2;1H. The molecule has 1 aromatic carbocycles. The van der Waals surface area contributed by atoms with Crippen LogP contribution < -0.4 is 11.1 Å². The minimum absolute atomic E-state index is 0. The first-order chi connectivity index (χ1) is 5.71.